The number of aromatic nitrogens is 1. The van der Waals surface area contributed by atoms with Gasteiger partial charge in [0.05, 0.1) is 0 Å². The first-order chi connectivity index (χ1) is 5.75. The Bertz CT molecular complexity index is 355. The lowest BCUT2D eigenvalue weighted by molar-refractivity contribution is 0.418. The summed E-state index contributed by atoms with van der Waals surface area (Å²) in [5.74, 6) is 1.47. The van der Waals surface area contributed by atoms with Crippen molar-refractivity contribution in [3.8, 4) is 11.5 Å². The highest BCUT2D eigenvalue weighted by Crippen LogP contribution is 2.25. The van der Waals surface area contributed by atoms with E-state index in [0.717, 1.165) is 0 Å². The largest absolute Gasteiger partial charge is 0.446 e. The molecule has 2 N–H and O–H groups in total. The number of anilines is 1. The molecule has 4 nitrogen and oxygen atoms in total. The third-order valence-electron chi connectivity index (χ3n) is 1.34. The van der Waals surface area contributed by atoms with E-state index < -0.39 is 0 Å². The van der Waals surface area contributed by atoms with Crippen molar-refractivity contribution >= 4 is 21.7 Å². The van der Waals surface area contributed by atoms with Crippen LogP contribution in [0.1, 0.15) is 0 Å². The Kier molecular flexibility index (Phi) is 1.65. The van der Waals surface area contributed by atoms with Crippen molar-refractivity contribution < 1.29 is 8.94 Å². The number of nitrogen functional groups attached to an aromatic ring is 1. The Labute approximate surface area is 76.5 Å². The molecule has 0 fully saturated rings. The molecule has 0 atom stereocenters. The standard InChI is InChI=1S/C7H5BrN2O2/c8-6-2-1-4(11-6)5-3-7(9)10-12-5/h1-3H,(H2,9,10). The van der Waals surface area contributed by atoms with E-state index in [0.29, 0.717) is 22.0 Å². The normalized spacial score (nSPS) is 10.4. The third-order valence-corrected chi connectivity index (χ3v) is 1.77. The van der Waals surface area contributed by atoms with Gasteiger partial charge in [0.15, 0.2) is 16.2 Å². The van der Waals surface area contributed by atoms with Crippen LogP contribution in [0, 0.1) is 0 Å². The first-order valence-corrected chi connectivity index (χ1v) is 4.03. The molecule has 2 rings (SSSR count). The van der Waals surface area contributed by atoms with Crippen molar-refractivity contribution in [3.63, 3.8) is 0 Å². The molecule has 0 aromatic carbocycles. The minimum absolute atomic E-state index is 0.345. The molecule has 0 saturated heterocycles. The lowest BCUT2D eigenvalue weighted by Gasteiger charge is -1.84. The van der Waals surface area contributed by atoms with Crippen molar-refractivity contribution in [1.82, 2.24) is 5.16 Å². The van der Waals surface area contributed by atoms with Crippen LogP contribution in [0.15, 0.2) is 31.8 Å². The van der Waals surface area contributed by atoms with Gasteiger partial charge in [-0.1, -0.05) is 5.16 Å². The maximum atomic E-state index is 5.36. The molecule has 0 amide bonds. The van der Waals surface area contributed by atoms with Crippen LogP contribution in [0.4, 0.5) is 5.82 Å². The molecule has 0 saturated carbocycles. The Balaban J connectivity index is 2.43. The summed E-state index contributed by atoms with van der Waals surface area (Å²) in [6.45, 7) is 0. The van der Waals surface area contributed by atoms with Gasteiger partial charge in [-0.2, -0.15) is 0 Å². The van der Waals surface area contributed by atoms with Crippen LogP contribution in [0.5, 0.6) is 0 Å². The summed E-state index contributed by atoms with van der Waals surface area (Å²) in [4.78, 5) is 0. The maximum absolute atomic E-state index is 5.36. The van der Waals surface area contributed by atoms with E-state index in [4.69, 9.17) is 14.7 Å². The van der Waals surface area contributed by atoms with Crippen molar-refractivity contribution in [2.24, 2.45) is 0 Å². The number of hydrogen-bond donors (Lipinski definition) is 1. The van der Waals surface area contributed by atoms with Gasteiger partial charge in [-0.25, -0.2) is 0 Å². The van der Waals surface area contributed by atoms with Gasteiger partial charge in [-0.3, -0.25) is 0 Å². The SMILES string of the molecule is Nc1cc(-c2ccc(Br)o2)on1. The minimum atomic E-state index is 0.345. The quantitative estimate of drug-likeness (QED) is 0.814. The summed E-state index contributed by atoms with van der Waals surface area (Å²) in [5, 5.41) is 3.53. The Morgan fingerprint density at radius 2 is 2.17 bits per heavy atom. The van der Waals surface area contributed by atoms with Gasteiger partial charge in [-0.05, 0) is 28.1 Å². The molecular formula is C7H5BrN2O2. The highest BCUT2D eigenvalue weighted by molar-refractivity contribution is 9.10. The summed E-state index contributed by atoms with van der Waals surface area (Å²) >= 11 is 3.18. The molecule has 2 aromatic heterocycles. The summed E-state index contributed by atoms with van der Waals surface area (Å²) in [7, 11) is 0. The zero-order chi connectivity index (χ0) is 8.55. The fraction of sp³-hybridized carbons (Fsp3) is 0. The number of rotatable bonds is 1. The molecule has 0 radical (unpaired) electrons. The Morgan fingerprint density at radius 1 is 1.33 bits per heavy atom. The van der Waals surface area contributed by atoms with Crippen molar-refractivity contribution in [2.45, 2.75) is 0 Å². The van der Waals surface area contributed by atoms with Gasteiger partial charge >= 0.3 is 0 Å². The van der Waals surface area contributed by atoms with Crippen LogP contribution in [-0.4, -0.2) is 5.16 Å². The summed E-state index contributed by atoms with van der Waals surface area (Å²) in [6, 6.07) is 5.14. The second kappa shape index (κ2) is 2.67. The molecule has 62 valence electrons. The second-order valence-electron chi connectivity index (χ2n) is 2.22. The van der Waals surface area contributed by atoms with Crippen LogP contribution in [-0.2, 0) is 0 Å². The highest BCUT2D eigenvalue weighted by atomic mass is 79.9. The van der Waals surface area contributed by atoms with E-state index in [1.165, 1.54) is 0 Å². The van der Waals surface area contributed by atoms with Crippen molar-refractivity contribution in [2.75, 3.05) is 5.73 Å². The monoisotopic (exact) mass is 228 g/mol. The third kappa shape index (κ3) is 1.23. The topological polar surface area (TPSA) is 65.2 Å². The predicted molar refractivity (Wildman–Crippen MR) is 46.3 cm³/mol. The molecule has 2 heterocycles. The van der Waals surface area contributed by atoms with E-state index in [9.17, 15) is 0 Å². The van der Waals surface area contributed by atoms with Crippen LogP contribution >= 0.6 is 15.9 Å². The highest BCUT2D eigenvalue weighted by Gasteiger charge is 2.08. The zero-order valence-electron chi connectivity index (χ0n) is 5.95. The van der Waals surface area contributed by atoms with E-state index in [1.807, 2.05) is 0 Å². The number of furan rings is 1. The molecule has 2 aromatic rings. The first-order valence-electron chi connectivity index (χ1n) is 3.23. The van der Waals surface area contributed by atoms with E-state index in [1.54, 1.807) is 18.2 Å². The van der Waals surface area contributed by atoms with Crippen molar-refractivity contribution in [3.05, 3.63) is 22.9 Å². The van der Waals surface area contributed by atoms with E-state index >= 15 is 0 Å². The molecule has 12 heavy (non-hydrogen) atoms. The van der Waals surface area contributed by atoms with Gasteiger partial charge < -0.3 is 14.7 Å². The van der Waals surface area contributed by atoms with Crippen LogP contribution < -0.4 is 5.73 Å². The molecule has 0 bridgehead atoms. The number of nitrogens with zero attached hydrogens (tertiary/aromatic N) is 1. The molecule has 0 spiro atoms. The Hall–Kier alpha value is -1.23. The Morgan fingerprint density at radius 3 is 2.67 bits per heavy atom. The van der Waals surface area contributed by atoms with Gasteiger partial charge in [0.25, 0.3) is 0 Å². The fourth-order valence-electron chi connectivity index (χ4n) is 0.852. The molecular weight excluding hydrogens is 224 g/mol. The maximum Gasteiger partial charge on any atom is 0.204 e. The average Bonchev–Trinajstić information content (AvgIpc) is 2.58. The van der Waals surface area contributed by atoms with Gasteiger partial charge in [-0.15, -0.1) is 0 Å². The predicted octanol–water partition coefficient (Wildman–Crippen LogP) is 2.28. The number of hydrogen-bond acceptors (Lipinski definition) is 4. The van der Waals surface area contributed by atoms with E-state index in [-0.39, 0.29) is 0 Å². The molecule has 0 aliphatic heterocycles. The van der Waals surface area contributed by atoms with Gasteiger partial charge in [0.2, 0.25) is 5.76 Å². The lowest BCUT2D eigenvalue weighted by atomic mass is 10.3. The molecule has 0 aliphatic carbocycles. The van der Waals surface area contributed by atoms with Gasteiger partial charge in [0.1, 0.15) is 0 Å². The van der Waals surface area contributed by atoms with E-state index in [2.05, 4.69) is 21.1 Å². The van der Waals surface area contributed by atoms with Crippen molar-refractivity contribution in [1.29, 1.82) is 0 Å². The lowest BCUT2D eigenvalue weighted by Crippen LogP contribution is -1.79. The van der Waals surface area contributed by atoms with Gasteiger partial charge in [0, 0.05) is 6.07 Å². The molecule has 0 unspecified atom stereocenters. The summed E-state index contributed by atoms with van der Waals surface area (Å²) in [5.41, 5.74) is 5.36. The zero-order valence-corrected chi connectivity index (χ0v) is 7.54. The van der Waals surface area contributed by atoms with Crippen LogP contribution in [0.25, 0.3) is 11.5 Å². The molecule has 5 heteroatoms. The summed E-state index contributed by atoms with van der Waals surface area (Å²) < 4.78 is 10.7. The molecule has 0 aliphatic rings. The van der Waals surface area contributed by atoms with Crippen LogP contribution in [0.2, 0.25) is 0 Å². The minimum Gasteiger partial charge on any atom is -0.446 e. The smallest absolute Gasteiger partial charge is 0.204 e. The van der Waals surface area contributed by atoms with Crippen LogP contribution in [0.3, 0.4) is 0 Å². The fourth-order valence-corrected chi connectivity index (χ4v) is 1.16. The summed E-state index contributed by atoms with van der Waals surface area (Å²) in [6.07, 6.45) is 0. The number of nitrogens with two attached hydrogens (primary N) is 1. The average molecular weight is 229 g/mol. The second-order valence-corrected chi connectivity index (χ2v) is 3.00. The number of halogens is 1. The first kappa shape index (κ1) is 7.42.